The van der Waals surface area contributed by atoms with Gasteiger partial charge in [-0.3, -0.25) is 19.2 Å². The van der Waals surface area contributed by atoms with Crippen molar-refractivity contribution in [2.75, 3.05) is 6.61 Å². The maximum absolute atomic E-state index is 12.4. The number of carboxylic acid groups (broad SMARTS) is 2. The van der Waals surface area contributed by atoms with Gasteiger partial charge in [-0.05, 0) is 19.3 Å². The molecule has 0 aromatic heterocycles. The lowest BCUT2D eigenvalue weighted by Gasteiger charge is -2.26. The van der Waals surface area contributed by atoms with E-state index in [9.17, 15) is 34.2 Å². The quantitative estimate of drug-likeness (QED) is 0.144. The minimum Gasteiger partial charge on any atom is -0.481 e. The Hall–Kier alpha value is -2.77. The highest BCUT2D eigenvalue weighted by atomic mass is 16.4. The number of hydrogen-bond donors (Lipinski definition) is 8. The first-order valence-electron chi connectivity index (χ1n) is 9.22. The second-order valence-corrected chi connectivity index (χ2v) is 7.07. The molecule has 0 aliphatic rings. The zero-order valence-corrected chi connectivity index (χ0v) is 17.0. The maximum atomic E-state index is 12.4. The fourth-order valence-electron chi connectivity index (χ4n) is 2.21. The van der Waals surface area contributed by atoms with Crippen LogP contribution in [0.1, 0.15) is 33.6 Å². The van der Waals surface area contributed by atoms with E-state index in [2.05, 4.69) is 10.6 Å². The van der Waals surface area contributed by atoms with Crippen LogP contribution in [0.25, 0.3) is 0 Å². The van der Waals surface area contributed by atoms with Crippen molar-refractivity contribution in [1.82, 2.24) is 16.0 Å². The van der Waals surface area contributed by atoms with Gasteiger partial charge in [-0.25, -0.2) is 4.79 Å². The lowest BCUT2D eigenvalue weighted by molar-refractivity contribution is -0.143. The van der Waals surface area contributed by atoms with Crippen molar-refractivity contribution in [3.05, 3.63) is 0 Å². The van der Waals surface area contributed by atoms with Crippen LogP contribution in [0.5, 0.6) is 0 Å². The highest BCUT2D eigenvalue weighted by Crippen LogP contribution is 2.03. The molecule has 3 amide bonds. The van der Waals surface area contributed by atoms with E-state index >= 15 is 0 Å². The molecule has 0 aromatic rings. The number of nitrogens with one attached hydrogen (secondary N) is 3. The van der Waals surface area contributed by atoms with Gasteiger partial charge in [0.05, 0.1) is 18.8 Å². The van der Waals surface area contributed by atoms with Crippen molar-refractivity contribution < 1.29 is 44.4 Å². The van der Waals surface area contributed by atoms with Gasteiger partial charge in [-0.1, -0.05) is 13.8 Å². The average Bonchev–Trinajstić information content (AvgIpc) is 2.65. The van der Waals surface area contributed by atoms with Crippen LogP contribution in [0.3, 0.4) is 0 Å². The Bertz CT molecular complexity index is 639. The third kappa shape index (κ3) is 9.15. The molecule has 0 aliphatic carbocycles. The number of aliphatic hydroxyl groups excluding tert-OH is 2. The summed E-state index contributed by atoms with van der Waals surface area (Å²) in [5, 5.41) is 43.3. The van der Waals surface area contributed by atoms with Crippen molar-refractivity contribution >= 4 is 29.7 Å². The normalized spacial score (nSPS) is 16.0. The predicted molar refractivity (Wildman–Crippen MR) is 102 cm³/mol. The number of hydrogen-bond acceptors (Lipinski definition) is 8. The van der Waals surface area contributed by atoms with Crippen LogP contribution in [0.15, 0.2) is 0 Å². The number of aliphatic carboxylic acids is 2. The molecule has 0 aliphatic heterocycles. The minimum absolute atomic E-state index is 0.252. The van der Waals surface area contributed by atoms with Crippen LogP contribution in [-0.4, -0.2) is 87.0 Å². The molecule has 0 aromatic carbocycles. The van der Waals surface area contributed by atoms with Crippen LogP contribution in [-0.2, 0) is 24.0 Å². The number of carbonyl (C=O) groups is 5. The van der Waals surface area contributed by atoms with Gasteiger partial charge in [0.1, 0.15) is 18.1 Å². The average molecular weight is 434 g/mol. The third-order valence-corrected chi connectivity index (χ3v) is 4.16. The molecule has 0 radical (unpaired) electrons. The Kier molecular flexibility index (Phi) is 11.5. The zero-order chi connectivity index (χ0) is 23.6. The van der Waals surface area contributed by atoms with E-state index in [-0.39, 0.29) is 5.92 Å². The summed E-state index contributed by atoms with van der Waals surface area (Å²) >= 11 is 0. The molecule has 13 heteroatoms. The maximum Gasteiger partial charge on any atom is 0.326 e. The highest BCUT2D eigenvalue weighted by Gasteiger charge is 2.32. The number of carboxylic acids is 2. The summed E-state index contributed by atoms with van der Waals surface area (Å²) in [7, 11) is 0. The van der Waals surface area contributed by atoms with E-state index < -0.39 is 79.4 Å². The summed E-state index contributed by atoms with van der Waals surface area (Å²) in [5.74, 6) is -5.82. The number of nitrogens with two attached hydrogens (primary N) is 1. The number of carbonyl (C=O) groups excluding carboxylic acids is 3. The van der Waals surface area contributed by atoms with Crippen LogP contribution >= 0.6 is 0 Å². The molecular formula is C17H30N4O9. The Balaban J connectivity index is 5.17. The summed E-state index contributed by atoms with van der Waals surface area (Å²) in [5.41, 5.74) is 5.69. The Morgan fingerprint density at radius 2 is 1.40 bits per heavy atom. The van der Waals surface area contributed by atoms with Gasteiger partial charge in [0.25, 0.3) is 0 Å². The fraction of sp³-hybridized carbons (Fsp3) is 0.706. The van der Waals surface area contributed by atoms with Crippen LogP contribution in [0.4, 0.5) is 0 Å². The van der Waals surface area contributed by atoms with Gasteiger partial charge in [-0.15, -0.1) is 0 Å². The van der Waals surface area contributed by atoms with Gasteiger partial charge in [0, 0.05) is 6.42 Å². The van der Waals surface area contributed by atoms with Crippen molar-refractivity contribution in [2.45, 2.75) is 63.9 Å². The Morgan fingerprint density at radius 3 is 1.80 bits per heavy atom. The minimum atomic E-state index is -1.61. The monoisotopic (exact) mass is 434 g/mol. The lowest BCUT2D eigenvalue weighted by atomic mass is 10.0. The summed E-state index contributed by atoms with van der Waals surface area (Å²) in [6, 6.07) is -5.62. The topological polar surface area (TPSA) is 228 Å². The molecule has 0 saturated heterocycles. The molecule has 0 fully saturated rings. The molecule has 9 N–H and O–H groups in total. The summed E-state index contributed by atoms with van der Waals surface area (Å²) in [6.45, 7) is 3.65. The van der Waals surface area contributed by atoms with Gasteiger partial charge < -0.3 is 42.1 Å². The molecular weight excluding hydrogens is 404 g/mol. The van der Waals surface area contributed by atoms with Crippen LogP contribution in [0.2, 0.25) is 0 Å². The molecule has 0 bridgehead atoms. The van der Waals surface area contributed by atoms with Crippen LogP contribution in [0, 0.1) is 5.92 Å². The zero-order valence-electron chi connectivity index (χ0n) is 17.0. The number of aliphatic hydroxyl groups is 2. The second-order valence-electron chi connectivity index (χ2n) is 7.07. The van der Waals surface area contributed by atoms with E-state index in [1.807, 2.05) is 5.32 Å². The summed E-state index contributed by atoms with van der Waals surface area (Å²) in [6.07, 6.45) is -2.32. The molecule has 172 valence electrons. The first-order chi connectivity index (χ1) is 13.8. The second kappa shape index (κ2) is 12.7. The fourth-order valence-corrected chi connectivity index (χ4v) is 2.21. The first kappa shape index (κ1) is 27.2. The lowest BCUT2D eigenvalue weighted by Crippen LogP contribution is -2.60. The molecule has 5 unspecified atom stereocenters. The van der Waals surface area contributed by atoms with E-state index in [0.29, 0.717) is 0 Å². The Labute approximate surface area is 173 Å². The number of rotatable bonds is 13. The molecule has 0 spiro atoms. The molecule has 5 atom stereocenters. The predicted octanol–water partition coefficient (Wildman–Crippen LogP) is -3.25. The van der Waals surface area contributed by atoms with Crippen molar-refractivity contribution in [3.63, 3.8) is 0 Å². The van der Waals surface area contributed by atoms with Gasteiger partial charge in [0.2, 0.25) is 17.7 Å². The smallest absolute Gasteiger partial charge is 0.326 e. The van der Waals surface area contributed by atoms with E-state index in [1.54, 1.807) is 13.8 Å². The third-order valence-electron chi connectivity index (χ3n) is 4.16. The first-order valence-corrected chi connectivity index (χ1v) is 9.22. The number of amides is 3. The highest BCUT2D eigenvalue weighted by molar-refractivity contribution is 5.94. The van der Waals surface area contributed by atoms with Crippen molar-refractivity contribution in [2.24, 2.45) is 11.7 Å². The SMILES string of the molecule is CC(C)C(N)C(=O)NC(C(=O)NC(CO)C(=O)NC(CCC(=O)O)C(=O)O)C(C)O. The molecule has 0 saturated carbocycles. The van der Waals surface area contributed by atoms with Crippen molar-refractivity contribution in [1.29, 1.82) is 0 Å². The van der Waals surface area contributed by atoms with Crippen molar-refractivity contribution in [3.8, 4) is 0 Å². The van der Waals surface area contributed by atoms with Gasteiger partial charge >= 0.3 is 11.9 Å². The standard InChI is InChI=1S/C17H30N4O9/c1-7(2)12(18)15(27)21-13(8(3)23)16(28)20-10(6-22)14(26)19-9(17(29)30)4-5-11(24)25/h7-10,12-13,22-23H,4-6,18H2,1-3H3,(H,19,26)(H,20,28)(H,21,27)(H,24,25)(H,29,30). The van der Waals surface area contributed by atoms with E-state index in [1.165, 1.54) is 6.92 Å². The summed E-state index contributed by atoms with van der Waals surface area (Å²) < 4.78 is 0. The van der Waals surface area contributed by atoms with Gasteiger partial charge in [-0.2, -0.15) is 0 Å². The van der Waals surface area contributed by atoms with Crippen LogP contribution < -0.4 is 21.7 Å². The molecule has 0 rings (SSSR count). The molecule has 13 nitrogen and oxygen atoms in total. The van der Waals surface area contributed by atoms with E-state index in [0.717, 1.165) is 0 Å². The molecule has 30 heavy (non-hydrogen) atoms. The Morgan fingerprint density at radius 1 is 0.867 bits per heavy atom. The largest absolute Gasteiger partial charge is 0.481 e. The van der Waals surface area contributed by atoms with E-state index in [4.69, 9.17) is 15.9 Å². The van der Waals surface area contributed by atoms with Gasteiger partial charge in [0.15, 0.2) is 0 Å². The summed E-state index contributed by atoms with van der Waals surface area (Å²) in [4.78, 5) is 58.5. The molecule has 0 heterocycles.